The molecule has 0 fully saturated rings. The second-order valence-corrected chi connectivity index (χ2v) is 9.78. The first-order valence-corrected chi connectivity index (χ1v) is 12.7. The molecule has 0 heterocycles. The summed E-state index contributed by atoms with van der Waals surface area (Å²) in [5, 5.41) is 5.80. The van der Waals surface area contributed by atoms with E-state index in [-0.39, 0.29) is 0 Å². The van der Waals surface area contributed by atoms with Crippen molar-refractivity contribution in [2.24, 2.45) is 4.99 Å². The third kappa shape index (κ3) is 4.46. The predicted octanol–water partition coefficient (Wildman–Crippen LogP) is 9.72. The van der Waals surface area contributed by atoms with Crippen LogP contribution in [0, 0.1) is 0 Å². The second kappa shape index (κ2) is 9.74. The lowest BCUT2D eigenvalue weighted by atomic mass is 9.91. The van der Waals surface area contributed by atoms with Gasteiger partial charge in [0.2, 0.25) is 0 Å². The van der Waals surface area contributed by atoms with Gasteiger partial charge in [-0.2, -0.15) is 0 Å². The van der Waals surface area contributed by atoms with E-state index in [0.29, 0.717) is 15.7 Å². The van der Waals surface area contributed by atoms with Crippen molar-refractivity contribution in [3.63, 3.8) is 0 Å². The molecule has 0 radical (unpaired) electrons. The number of nitrogens with zero attached hydrogens (tertiary/aromatic N) is 1. The molecule has 6 rings (SSSR count). The van der Waals surface area contributed by atoms with Crippen LogP contribution in [-0.4, -0.2) is 5.71 Å². The molecular formula is C33H22Cl2N2. The molecule has 0 aliphatic heterocycles. The normalized spacial score (nSPS) is 11.1. The lowest BCUT2D eigenvalue weighted by Gasteiger charge is -2.17. The summed E-state index contributed by atoms with van der Waals surface area (Å²) >= 11 is 12.4. The van der Waals surface area contributed by atoms with E-state index < -0.39 is 0 Å². The van der Waals surface area contributed by atoms with Crippen molar-refractivity contribution in [3.8, 4) is 11.1 Å². The van der Waals surface area contributed by atoms with E-state index in [9.17, 15) is 0 Å². The van der Waals surface area contributed by atoms with Gasteiger partial charge in [-0.15, -0.1) is 0 Å². The molecule has 0 bridgehead atoms. The number of nitrogens with two attached hydrogens (primary N) is 1. The number of nitrogen functional groups attached to an aromatic ring is 1. The highest BCUT2D eigenvalue weighted by Crippen LogP contribution is 2.44. The van der Waals surface area contributed by atoms with E-state index in [4.69, 9.17) is 33.9 Å². The number of hydrogen-bond donors (Lipinski definition) is 1. The molecule has 0 aromatic heterocycles. The van der Waals surface area contributed by atoms with Crippen LogP contribution in [0.2, 0.25) is 10.0 Å². The second-order valence-electron chi connectivity index (χ2n) is 8.91. The Bertz CT molecular complexity index is 1740. The SMILES string of the molecule is Nc1ccc2ccccc2c1-c1c(N=C(c2ccc(Cl)cc2)c2ccc(Cl)cc2)ccc2ccccc12. The lowest BCUT2D eigenvalue weighted by Crippen LogP contribution is -2.03. The van der Waals surface area contributed by atoms with Gasteiger partial charge in [0, 0.05) is 38.0 Å². The molecule has 6 aromatic rings. The van der Waals surface area contributed by atoms with Crippen molar-refractivity contribution >= 4 is 61.8 Å². The van der Waals surface area contributed by atoms with E-state index in [2.05, 4.69) is 48.5 Å². The summed E-state index contributed by atoms with van der Waals surface area (Å²) in [5.41, 5.74) is 13.0. The number of halogens is 2. The van der Waals surface area contributed by atoms with Crippen LogP contribution in [0.1, 0.15) is 11.1 Å². The van der Waals surface area contributed by atoms with Gasteiger partial charge >= 0.3 is 0 Å². The van der Waals surface area contributed by atoms with Gasteiger partial charge in [-0.05, 0) is 57.9 Å². The Kier molecular flexibility index (Phi) is 6.13. The highest BCUT2D eigenvalue weighted by molar-refractivity contribution is 6.31. The van der Waals surface area contributed by atoms with E-state index in [0.717, 1.165) is 55.2 Å². The van der Waals surface area contributed by atoms with Gasteiger partial charge in [-0.1, -0.05) is 108 Å². The molecule has 0 spiro atoms. The first-order valence-electron chi connectivity index (χ1n) is 12.0. The molecule has 4 heteroatoms. The van der Waals surface area contributed by atoms with Crippen LogP contribution >= 0.6 is 23.2 Å². The molecule has 0 saturated carbocycles. The summed E-state index contributed by atoms with van der Waals surface area (Å²) in [7, 11) is 0. The largest absolute Gasteiger partial charge is 0.398 e. The summed E-state index contributed by atoms with van der Waals surface area (Å²) < 4.78 is 0. The molecule has 37 heavy (non-hydrogen) atoms. The maximum atomic E-state index is 6.69. The average Bonchev–Trinajstić information content (AvgIpc) is 2.93. The third-order valence-corrected chi connectivity index (χ3v) is 7.09. The quantitative estimate of drug-likeness (QED) is 0.183. The lowest BCUT2D eigenvalue weighted by molar-refractivity contribution is 1.48. The minimum Gasteiger partial charge on any atom is -0.398 e. The van der Waals surface area contributed by atoms with Crippen molar-refractivity contribution in [2.45, 2.75) is 0 Å². The summed E-state index contributed by atoms with van der Waals surface area (Å²) in [6, 6.07) is 40.4. The van der Waals surface area contributed by atoms with Crippen LogP contribution in [0.4, 0.5) is 11.4 Å². The first-order chi connectivity index (χ1) is 18.1. The molecular weight excluding hydrogens is 495 g/mol. The van der Waals surface area contributed by atoms with Crippen molar-refractivity contribution in [3.05, 3.63) is 142 Å². The first kappa shape index (κ1) is 23.3. The van der Waals surface area contributed by atoms with Gasteiger partial charge in [0.1, 0.15) is 0 Å². The minimum atomic E-state index is 0.675. The van der Waals surface area contributed by atoms with Crippen LogP contribution in [0.25, 0.3) is 32.7 Å². The molecule has 0 atom stereocenters. The Hall–Kier alpha value is -4.11. The Morgan fingerprint density at radius 1 is 0.514 bits per heavy atom. The number of hydrogen-bond acceptors (Lipinski definition) is 2. The average molecular weight is 517 g/mol. The van der Waals surface area contributed by atoms with Crippen LogP contribution in [0.5, 0.6) is 0 Å². The third-order valence-electron chi connectivity index (χ3n) is 6.59. The number of fused-ring (bicyclic) bond motifs is 2. The highest BCUT2D eigenvalue weighted by atomic mass is 35.5. The maximum Gasteiger partial charge on any atom is 0.0781 e. The fourth-order valence-corrected chi connectivity index (χ4v) is 5.07. The van der Waals surface area contributed by atoms with Gasteiger partial charge in [-0.25, -0.2) is 4.99 Å². The molecule has 2 nitrogen and oxygen atoms in total. The molecule has 0 saturated heterocycles. The van der Waals surface area contributed by atoms with Crippen molar-refractivity contribution in [1.29, 1.82) is 0 Å². The van der Waals surface area contributed by atoms with Crippen LogP contribution in [0.3, 0.4) is 0 Å². The zero-order valence-electron chi connectivity index (χ0n) is 19.8. The van der Waals surface area contributed by atoms with Crippen molar-refractivity contribution < 1.29 is 0 Å². The van der Waals surface area contributed by atoms with Gasteiger partial charge in [0.05, 0.1) is 11.4 Å². The Morgan fingerprint density at radius 2 is 1.00 bits per heavy atom. The van der Waals surface area contributed by atoms with Crippen LogP contribution in [0.15, 0.2) is 126 Å². The van der Waals surface area contributed by atoms with Gasteiger partial charge < -0.3 is 5.73 Å². The Balaban J connectivity index is 1.70. The molecule has 0 aliphatic carbocycles. The van der Waals surface area contributed by atoms with Crippen molar-refractivity contribution in [2.75, 3.05) is 5.73 Å². The van der Waals surface area contributed by atoms with Gasteiger partial charge in [0.15, 0.2) is 0 Å². The zero-order valence-corrected chi connectivity index (χ0v) is 21.3. The highest BCUT2D eigenvalue weighted by Gasteiger charge is 2.17. The monoisotopic (exact) mass is 516 g/mol. The molecule has 6 aromatic carbocycles. The maximum absolute atomic E-state index is 6.69. The standard InChI is InChI=1S/C33H22Cl2N2/c34-25-15-9-23(10-16-25)33(24-11-17-26(35)18-12-24)37-30-20-14-22-6-2-4-8-28(22)32(30)31-27-7-3-1-5-21(27)13-19-29(31)36/h1-20H,36H2. The van der Waals surface area contributed by atoms with Crippen LogP contribution < -0.4 is 5.73 Å². The molecule has 0 unspecified atom stereocenters. The summed E-state index contributed by atoms with van der Waals surface area (Å²) in [6.45, 7) is 0. The fourth-order valence-electron chi connectivity index (χ4n) is 4.82. The predicted molar refractivity (Wildman–Crippen MR) is 160 cm³/mol. The Labute approximate surface area is 225 Å². The van der Waals surface area contributed by atoms with Gasteiger partial charge in [-0.3, -0.25) is 0 Å². The number of anilines is 1. The smallest absolute Gasteiger partial charge is 0.0781 e. The summed E-state index contributed by atoms with van der Waals surface area (Å²) in [6.07, 6.45) is 0. The molecule has 2 N–H and O–H groups in total. The molecule has 178 valence electrons. The minimum absolute atomic E-state index is 0.675. The molecule has 0 amide bonds. The van der Waals surface area contributed by atoms with Gasteiger partial charge in [0.25, 0.3) is 0 Å². The number of aliphatic imine (C=N–C) groups is 1. The zero-order chi connectivity index (χ0) is 25.4. The van der Waals surface area contributed by atoms with E-state index in [1.165, 1.54) is 0 Å². The molecule has 0 aliphatic rings. The summed E-state index contributed by atoms with van der Waals surface area (Å²) in [4.78, 5) is 5.31. The van der Waals surface area contributed by atoms with E-state index >= 15 is 0 Å². The summed E-state index contributed by atoms with van der Waals surface area (Å²) in [5.74, 6) is 0. The number of rotatable bonds is 4. The van der Waals surface area contributed by atoms with E-state index in [1.54, 1.807) is 0 Å². The Morgan fingerprint density at radius 3 is 1.57 bits per heavy atom. The number of benzene rings is 6. The van der Waals surface area contributed by atoms with Crippen molar-refractivity contribution in [1.82, 2.24) is 0 Å². The topological polar surface area (TPSA) is 38.4 Å². The van der Waals surface area contributed by atoms with Crippen LogP contribution in [-0.2, 0) is 0 Å². The fraction of sp³-hybridized carbons (Fsp3) is 0. The van der Waals surface area contributed by atoms with E-state index in [1.807, 2.05) is 72.8 Å².